The van der Waals surface area contributed by atoms with Crippen LogP contribution in [0.3, 0.4) is 0 Å². The second-order valence-electron chi connectivity index (χ2n) is 14.8. The molecule has 0 fully saturated rings. The van der Waals surface area contributed by atoms with Gasteiger partial charge in [0.1, 0.15) is 11.2 Å². The van der Waals surface area contributed by atoms with E-state index >= 15 is 0 Å². The molecule has 4 heterocycles. The minimum Gasteiger partial charge on any atom is -0.456 e. The Morgan fingerprint density at radius 1 is 0.310 bits per heavy atom. The predicted molar refractivity (Wildman–Crippen MR) is 238 cm³/mol. The minimum absolute atomic E-state index is 0.611. The standard InChI is InChI=1S/C53H32N4O/c1-4-14-33(15-5-1)49-42-27-24-37(32-46(42)57-45-23-13-12-21-40(45)39-20-10-11-22-41(39)50(49)57)36-25-28-47-43(30-36)44-31-38(26-29-48(44)58-47)53-55-51(34-16-6-2-7-17-34)54-52(56-53)35-18-8-3-9-19-35/h1-32H. The Balaban J connectivity index is 1.05. The first-order valence-electron chi connectivity index (χ1n) is 19.5. The van der Waals surface area contributed by atoms with E-state index in [1.54, 1.807) is 0 Å². The van der Waals surface area contributed by atoms with Gasteiger partial charge in [0.2, 0.25) is 0 Å². The van der Waals surface area contributed by atoms with Gasteiger partial charge in [0, 0.05) is 49.2 Å². The molecule has 0 aliphatic heterocycles. The zero-order valence-electron chi connectivity index (χ0n) is 31.2. The third-order valence-corrected chi connectivity index (χ3v) is 11.4. The first kappa shape index (κ1) is 32.4. The molecule has 0 aliphatic carbocycles. The molecule has 0 unspecified atom stereocenters. The molecular formula is C53H32N4O. The molecule has 0 bridgehead atoms. The van der Waals surface area contributed by atoms with Crippen LogP contribution < -0.4 is 0 Å². The number of benzene rings is 8. The van der Waals surface area contributed by atoms with Crippen molar-refractivity contribution in [2.24, 2.45) is 0 Å². The summed E-state index contributed by atoms with van der Waals surface area (Å²) < 4.78 is 8.90. The molecule has 58 heavy (non-hydrogen) atoms. The highest BCUT2D eigenvalue weighted by Crippen LogP contribution is 2.44. The molecule has 0 spiro atoms. The topological polar surface area (TPSA) is 56.2 Å². The molecular weight excluding hydrogens is 709 g/mol. The third-order valence-electron chi connectivity index (χ3n) is 11.4. The summed E-state index contributed by atoms with van der Waals surface area (Å²) in [6, 6.07) is 68.1. The second kappa shape index (κ2) is 12.8. The highest BCUT2D eigenvalue weighted by atomic mass is 16.3. The molecule has 0 saturated carbocycles. The zero-order valence-corrected chi connectivity index (χ0v) is 31.2. The summed E-state index contributed by atoms with van der Waals surface area (Å²) in [5.41, 5.74) is 12.7. The van der Waals surface area contributed by atoms with Crippen molar-refractivity contribution in [1.82, 2.24) is 19.4 Å². The van der Waals surface area contributed by atoms with Crippen LogP contribution in [0.1, 0.15) is 0 Å². The summed E-state index contributed by atoms with van der Waals surface area (Å²) in [5.74, 6) is 1.88. The average Bonchev–Trinajstić information content (AvgIpc) is 3.85. The minimum atomic E-state index is 0.611. The monoisotopic (exact) mass is 740 g/mol. The summed E-state index contributed by atoms with van der Waals surface area (Å²) in [6.07, 6.45) is 0. The lowest BCUT2D eigenvalue weighted by atomic mass is 9.97. The normalized spacial score (nSPS) is 11.8. The van der Waals surface area contributed by atoms with Gasteiger partial charge in [-0.2, -0.15) is 0 Å². The smallest absolute Gasteiger partial charge is 0.164 e. The first-order chi connectivity index (χ1) is 28.7. The van der Waals surface area contributed by atoms with Gasteiger partial charge in [-0.25, -0.2) is 15.0 Å². The van der Waals surface area contributed by atoms with E-state index in [0.717, 1.165) is 49.8 Å². The van der Waals surface area contributed by atoms with Crippen molar-refractivity contribution >= 4 is 60.0 Å². The molecule has 12 rings (SSSR count). The maximum atomic E-state index is 6.43. The van der Waals surface area contributed by atoms with Gasteiger partial charge < -0.3 is 8.82 Å². The predicted octanol–water partition coefficient (Wildman–Crippen LogP) is 13.8. The van der Waals surface area contributed by atoms with Crippen LogP contribution in [0.15, 0.2) is 199 Å². The van der Waals surface area contributed by atoms with Crippen LogP contribution >= 0.6 is 0 Å². The van der Waals surface area contributed by atoms with E-state index in [-0.39, 0.29) is 0 Å². The fraction of sp³-hybridized carbons (Fsp3) is 0. The van der Waals surface area contributed by atoms with Gasteiger partial charge in [-0.1, -0.05) is 152 Å². The molecule has 12 aromatic rings. The molecule has 5 heteroatoms. The van der Waals surface area contributed by atoms with Crippen LogP contribution in [0.2, 0.25) is 0 Å². The number of para-hydroxylation sites is 1. The van der Waals surface area contributed by atoms with Crippen molar-refractivity contribution < 1.29 is 4.42 Å². The molecule has 5 nitrogen and oxygen atoms in total. The van der Waals surface area contributed by atoms with Crippen molar-refractivity contribution in [3.8, 4) is 56.4 Å². The maximum Gasteiger partial charge on any atom is 0.164 e. The summed E-state index contributed by atoms with van der Waals surface area (Å²) in [5, 5.41) is 7.00. The maximum absolute atomic E-state index is 6.43. The lowest BCUT2D eigenvalue weighted by Gasteiger charge is -2.11. The fourth-order valence-corrected chi connectivity index (χ4v) is 8.72. The quantitative estimate of drug-likeness (QED) is 0.165. The second-order valence-corrected chi connectivity index (χ2v) is 14.8. The largest absolute Gasteiger partial charge is 0.456 e. The van der Waals surface area contributed by atoms with Crippen LogP contribution in [0.25, 0.3) is 116 Å². The lowest BCUT2D eigenvalue weighted by molar-refractivity contribution is 0.669. The van der Waals surface area contributed by atoms with E-state index in [4.69, 9.17) is 19.4 Å². The zero-order chi connectivity index (χ0) is 38.2. The summed E-state index contributed by atoms with van der Waals surface area (Å²) in [6.45, 7) is 0. The SMILES string of the molecule is c1ccc(-c2nc(-c3ccccc3)nc(-c3ccc4oc5ccc(-c6ccc7c(-c8ccccc8)c8c9ccccc9c9ccccc9n8c7c6)cc5c4c3)n2)cc1. The van der Waals surface area contributed by atoms with Gasteiger partial charge >= 0.3 is 0 Å². The lowest BCUT2D eigenvalue weighted by Crippen LogP contribution is -2.00. The Kier molecular flexibility index (Phi) is 7.16. The number of aromatic nitrogens is 4. The van der Waals surface area contributed by atoms with Gasteiger partial charge in [0.25, 0.3) is 0 Å². The Labute approximate surface area is 333 Å². The van der Waals surface area contributed by atoms with E-state index < -0.39 is 0 Å². The van der Waals surface area contributed by atoms with Gasteiger partial charge in [-0.3, -0.25) is 0 Å². The van der Waals surface area contributed by atoms with Crippen LogP contribution in [-0.2, 0) is 0 Å². The van der Waals surface area contributed by atoms with Crippen molar-refractivity contribution in [3.05, 3.63) is 194 Å². The van der Waals surface area contributed by atoms with Crippen molar-refractivity contribution in [2.45, 2.75) is 0 Å². The number of furan rings is 1. The van der Waals surface area contributed by atoms with Crippen LogP contribution in [-0.4, -0.2) is 19.4 Å². The number of pyridine rings is 1. The van der Waals surface area contributed by atoms with Gasteiger partial charge in [-0.15, -0.1) is 0 Å². The first-order valence-corrected chi connectivity index (χ1v) is 19.5. The van der Waals surface area contributed by atoms with Crippen molar-refractivity contribution in [1.29, 1.82) is 0 Å². The summed E-state index contributed by atoms with van der Waals surface area (Å²) >= 11 is 0. The van der Waals surface area contributed by atoms with Crippen molar-refractivity contribution in [3.63, 3.8) is 0 Å². The van der Waals surface area contributed by atoms with Crippen LogP contribution in [0.4, 0.5) is 0 Å². The highest BCUT2D eigenvalue weighted by Gasteiger charge is 2.21. The molecule has 0 N–H and O–H groups in total. The van der Waals surface area contributed by atoms with E-state index in [9.17, 15) is 0 Å². The summed E-state index contributed by atoms with van der Waals surface area (Å²) in [7, 11) is 0. The Morgan fingerprint density at radius 3 is 1.45 bits per heavy atom. The van der Waals surface area contributed by atoms with Crippen molar-refractivity contribution in [2.75, 3.05) is 0 Å². The number of hydrogen-bond acceptors (Lipinski definition) is 4. The molecule has 0 atom stereocenters. The average molecular weight is 741 g/mol. The van der Waals surface area contributed by atoms with E-state index in [2.05, 4.69) is 126 Å². The number of fused-ring (bicyclic) bond motifs is 11. The summed E-state index contributed by atoms with van der Waals surface area (Å²) in [4.78, 5) is 14.9. The van der Waals surface area contributed by atoms with E-state index in [0.29, 0.717) is 17.5 Å². The molecule has 4 aromatic heterocycles. The fourth-order valence-electron chi connectivity index (χ4n) is 8.72. The van der Waals surface area contributed by atoms with Gasteiger partial charge in [-0.05, 0) is 64.5 Å². The Morgan fingerprint density at radius 2 is 0.793 bits per heavy atom. The molecule has 0 saturated heterocycles. The van der Waals surface area contributed by atoms with E-state index in [1.807, 2.05) is 72.8 Å². The number of hydrogen-bond donors (Lipinski definition) is 0. The highest BCUT2D eigenvalue weighted by molar-refractivity contribution is 6.22. The molecule has 8 aromatic carbocycles. The number of rotatable bonds is 5. The number of nitrogens with zero attached hydrogens (tertiary/aromatic N) is 4. The van der Waals surface area contributed by atoms with Gasteiger partial charge in [0.05, 0.1) is 16.6 Å². The van der Waals surface area contributed by atoms with Crippen LogP contribution in [0, 0.1) is 0 Å². The van der Waals surface area contributed by atoms with Gasteiger partial charge in [0.15, 0.2) is 17.5 Å². The van der Waals surface area contributed by atoms with Crippen LogP contribution in [0.5, 0.6) is 0 Å². The molecule has 0 radical (unpaired) electrons. The van der Waals surface area contributed by atoms with E-state index in [1.165, 1.54) is 49.2 Å². The Bertz CT molecular complexity index is 3500. The molecule has 0 aliphatic rings. The third kappa shape index (κ3) is 5.07. The molecule has 0 amide bonds. The molecule has 270 valence electrons. The Hall–Kier alpha value is -7.89.